The lowest BCUT2D eigenvalue weighted by molar-refractivity contribution is -0.141. The summed E-state index contributed by atoms with van der Waals surface area (Å²) in [6.07, 6.45) is -3.60. The Balaban J connectivity index is 1.62. The number of carbonyl (C=O) groups excluding carboxylic acids is 1. The van der Waals surface area contributed by atoms with Crippen LogP contribution in [0.2, 0.25) is 0 Å². The van der Waals surface area contributed by atoms with E-state index in [1.165, 1.54) is 0 Å². The Bertz CT molecular complexity index is 788. The quantitative estimate of drug-likeness (QED) is 0.816. The Morgan fingerprint density at radius 1 is 1.11 bits per heavy atom. The van der Waals surface area contributed by atoms with Crippen molar-refractivity contribution in [2.45, 2.75) is 13.1 Å². The van der Waals surface area contributed by atoms with Crippen molar-refractivity contribution in [1.82, 2.24) is 14.9 Å². The van der Waals surface area contributed by atoms with Crippen LogP contribution in [0.15, 0.2) is 36.7 Å². The molecule has 0 spiro atoms. The zero-order chi connectivity index (χ0) is 19.4. The zero-order valence-electron chi connectivity index (χ0n) is 14.7. The molecule has 2 aromatic rings. The molecule has 1 saturated heterocycles. The number of rotatable bonds is 4. The molecule has 1 aliphatic heterocycles. The molecule has 0 unspecified atom stereocenters. The first-order valence-electron chi connectivity index (χ1n) is 8.55. The summed E-state index contributed by atoms with van der Waals surface area (Å²) in [6, 6.07) is 7.84. The van der Waals surface area contributed by atoms with Gasteiger partial charge in [0.2, 0.25) is 0 Å². The molecule has 2 heterocycles. The lowest BCUT2D eigenvalue weighted by Crippen LogP contribution is -2.49. The summed E-state index contributed by atoms with van der Waals surface area (Å²) in [7, 11) is 0. The van der Waals surface area contributed by atoms with Crippen molar-refractivity contribution in [3.05, 3.63) is 47.9 Å². The molecule has 0 saturated carbocycles. The van der Waals surface area contributed by atoms with Gasteiger partial charge in [0.25, 0.3) is 5.91 Å². The van der Waals surface area contributed by atoms with Crippen LogP contribution in [0.1, 0.15) is 23.0 Å². The van der Waals surface area contributed by atoms with E-state index in [0.29, 0.717) is 44.1 Å². The van der Waals surface area contributed by atoms with Crippen LogP contribution < -0.4 is 9.64 Å². The Hall–Kier alpha value is -2.84. The molecule has 1 fully saturated rings. The number of hydrogen-bond acceptors (Lipinski definition) is 5. The molecular formula is C18H19F3N4O2. The first-order valence-corrected chi connectivity index (χ1v) is 8.55. The monoisotopic (exact) mass is 380 g/mol. The smallest absolute Gasteiger partial charge is 0.433 e. The van der Waals surface area contributed by atoms with Crippen LogP contribution >= 0.6 is 0 Å². The van der Waals surface area contributed by atoms with E-state index in [0.717, 1.165) is 12.4 Å². The molecule has 1 aliphatic rings. The van der Waals surface area contributed by atoms with Crippen LogP contribution in [0.3, 0.4) is 0 Å². The van der Waals surface area contributed by atoms with E-state index < -0.39 is 11.9 Å². The molecule has 144 valence electrons. The van der Waals surface area contributed by atoms with Crippen molar-refractivity contribution in [3.8, 4) is 5.75 Å². The van der Waals surface area contributed by atoms with E-state index in [1.54, 1.807) is 34.1 Å². The first-order chi connectivity index (χ1) is 12.9. The second-order valence-electron chi connectivity index (χ2n) is 6.00. The molecule has 0 atom stereocenters. The normalized spacial score (nSPS) is 15.0. The Morgan fingerprint density at radius 2 is 1.78 bits per heavy atom. The van der Waals surface area contributed by atoms with Gasteiger partial charge in [0.15, 0.2) is 0 Å². The van der Waals surface area contributed by atoms with E-state index in [-0.39, 0.29) is 11.7 Å². The van der Waals surface area contributed by atoms with E-state index in [1.807, 2.05) is 6.92 Å². The SMILES string of the molecule is CCOc1ccc(C(=O)N2CCN(c3cc(C(F)(F)F)ncn3)CC2)cc1. The van der Waals surface area contributed by atoms with E-state index in [9.17, 15) is 18.0 Å². The number of nitrogens with zero attached hydrogens (tertiary/aromatic N) is 4. The summed E-state index contributed by atoms with van der Waals surface area (Å²) < 4.78 is 43.7. The van der Waals surface area contributed by atoms with Gasteiger partial charge < -0.3 is 14.5 Å². The van der Waals surface area contributed by atoms with E-state index >= 15 is 0 Å². The van der Waals surface area contributed by atoms with Gasteiger partial charge in [0, 0.05) is 37.8 Å². The minimum atomic E-state index is -4.51. The Labute approximate surface area is 154 Å². The Morgan fingerprint density at radius 3 is 2.37 bits per heavy atom. The maximum Gasteiger partial charge on any atom is 0.433 e. The number of anilines is 1. The van der Waals surface area contributed by atoms with Crippen molar-refractivity contribution in [1.29, 1.82) is 0 Å². The summed E-state index contributed by atoms with van der Waals surface area (Å²) >= 11 is 0. The maximum atomic E-state index is 12.8. The molecule has 6 nitrogen and oxygen atoms in total. The molecule has 9 heteroatoms. The molecular weight excluding hydrogens is 361 g/mol. The van der Waals surface area contributed by atoms with Crippen LogP contribution in [0, 0.1) is 0 Å². The number of carbonyl (C=O) groups is 1. The van der Waals surface area contributed by atoms with Gasteiger partial charge in [-0.25, -0.2) is 9.97 Å². The van der Waals surface area contributed by atoms with E-state index in [4.69, 9.17) is 4.74 Å². The molecule has 0 bridgehead atoms. The third-order valence-electron chi connectivity index (χ3n) is 4.25. The largest absolute Gasteiger partial charge is 0.494 e. The fourth-order valence-corrected chi connectivity index (χ4v) is 2.86. The number of ether oxygens (including phenoxy) is 1. The highest BCUT2D eigenvalue weighted by Crippen LogP contribution is 2.29. The third-order valence-corrected chi connectivity index (χ3v) is 4.25. The van der Waals surface area contributed by atoms with Crippen molar-refractivity contribution in [3.63, 3.8) is 0 Å². The van der Waals surface area contributed by atoms with Gasteiger partial charge >= 0.3 is 6.18 Å². The average Bonchev–Trinajstić information content (AvgIpc) is 2.68. The van der Waals surface area contributed by atoms with Gasteiger partial charge in [-0.2, -0.15) is 13.2 Å². The van der Waals surface area contributed by atoms with Crippen LogP contribution in [0.25, 0.3) is 0 Å². The van der Waals surface area contributed by atoms with Crippen LogP contribution in [-0.2, 0) is 6.18 Å². The van der Waals surface area contributed by atoms with Crippen molar-refractivity contribution >= 4 is 11.7 Å². The summed E-state index contributed by atoms with van der Waals surface area (Å²) in [5, 5.41) is 0. The predicted molar refractivity (Wildman–Crippen MR) is 92.8 cm³/mol. The second kappa shape index (κ2) is 7.81. The summed E-state index contributed by atoms with van der Waals surface area (Å²) in [5.74, 6) is 0.796. The maximum absolute atomic E-state index is 12.8. The lowest BCUT2D eigenvalue weighted by Gasteiger charge is -2.35. The summed E-state index contributed by atoms with van der Waals surface area (Å²) in [4.78, 5) is 23.2. The number of hydrogen-bond donors (Lipinski definition) is 0. The molecule has 3 rings (SSSR count). The minimum absolute atomic E-state index is 0.114. The van der Waals surface area contributed by atoms with Gasteiger partial charge in [-0.1, -0.05) is 0 Å². The standard InChI is InChI=1S/C18H19F3N4O2/c1-2-27-14-5-3-13(4-6-14)17(26)25-9-7-24(8-10-25)16-11-15(18(19,20)21)22-12-23-16/h3-6,11-12H,2,7-10H2,1H3. The third kappa shape index (κ3) is 4.47. The summed E-state index contributed by atoms with van der Waals surface area (Å²) in [5.41, 5.74) is -0.423. The van der Waals surface area contributed by atoms with Crippen molar-refractivity contribution in [2.75, 3.05) is 37.7 Å². The topological polar surface area (TPSA) is 58.6 Å². The highest BCUT2D eigenvalue weighted by Gasteiger charge is 2.33. The zero-order valence-corrected chi connectivity index (χ0v) is 14.7. The van der Waals surface area contributed by atoms with Crippen LogP contribution in [0.4, 0.5) is 19.0 Å². The second-order valence-corrected chi connectivity index (χ2v) is 6.00. The molecule has 27 heavy (non-hydrogen) atoms. The lowest BCUT2D eigenvalue weighted by atomic mass is 10.1. The molecule has 1 aromatic heterocycles. The van der Waals surface area contributed by atoms with Gasteiger partial charge in [-0.15, -0.1) is 0 Å². The van der Waals surface area contributed by atoms with E-state index in [2.05, 4.69) is 9.97 Å². The van der Waals surface area contributed by atoms with Gasteiger partial charge in [0.1, 0.15) is 23.6 Å². The number of amides is 1. The van der Waals surface area contributed by atoms with Crippen LogP contribution in [-0.4, -0.2) is 53.6 Å². The molecule has 1 amide bonds. The fourth-order valence-electron chi connectivity index (χ4n) is 2.86. The molecule has 0 radical (unpaired) electrons. The highest BCUT2D eigenvalue weighted by molar-refractivity contribution is 5.94. The van der Waals surface area contributed by atoms with Crippen LogP contribution in [0.5, 0.6) is 5.75 Å². The minimum Gasteiger partial charge on any atom is -0.494 e. The van der Waals surface area contributed by atoms with Crippen molar-refractivity contribution in [2.24, 2.45) is 0 Å². The number of benzene rings is 1. The first kappa shape index (κ1) is 18.9. The highest BCUT2D eigenvalue weighted by atomic mass is 19.4. The molecule has 0 N–H and O–H groups in total. The number of piperazine rings is 1. The number of halogens is 3. The average molecular weight is 380 g/mol. The Kier molecular flexibility index (Phi) is 5.48. The van der Waals surface area contributed by atoms with Gasteiger partial charge in [-0.3, -0.25) is 4.79 Å². The predicted octanol–water partition coefficient (Wildman–Crippen LogP) is 2.86. The number of aromatic nitrogens is 2. The van der Waals surface area contributed by atoms with Gasteiger partial charge in [-0.05, 0) is 31.2 Å². The summed E-state index contributed by atoms with van der Waals surface area (Å²) in [6.45, 7) is 4.03. The fraction of sp³-hybridized carbons (Fsp3) is 0.389. The van der Waals surface area contributed by atoms with Gasteiger partial charge in [0.05, 0.1) is 6.61 Å². The molecule has 1 aromatic carbocycles. The molecule has 0 aliphatic carbocycles. The van der Waals surface area contributed by atoms with Crippen molar-refractivity contribution < 1.29 is 22.7 Å². The number of alkyl halides is 3.